The Hall–Kier alpha value is -3.35. The number of hydrogen-bond donors (Lipinski definition) is 1. The molecule has 0 bridgehead atoms. The number of aromatic nitrogens is 1. The highest BCUT2D eigenvalue weighted by atomic mass is 19.1. The predicted molar refractivity (Wildman–Crippen MR) is 141 cm³/mol. The van der Waals surface area contributed by atoms with Gasteiger partial charge in [0, 0.05) is 37.7 Å². The number of pyridine rings is 1. The molecule has 0 radical (unpaired) electrons. The molecule has 1 unspecified atom stereocenters. The summed E-state index contributed by atoms with van der Waals surface area (Å²) in [6.07, 6.45) is 0.248. The SMILES string of the molecule is C.CN(C)CCC(O)(c1cc(F)cc(F)c1)c1cccc2nc(N(C)C)c(-c3ccccc3)cc12. The van der Waals surface area contributed by atoms with Gasteiger partial charge in [0.15, 0.2) is 0 Å². The first-order valence-electron chi connectivity index (χ1n) is 11.2. The Morgan fingerprint density at radius 1 is 0.857 bits per heavy atom. The highest BCUT2D eigenvalue weighted by Crippen LogP contribution is 2.40. The molecule has 0 spiro atoms. The van der Waals surface area contributed by atoms with E-state index >= 15 is 0 Å². The molecule has 0 fully saturated rings. The zero-order chi connectivity index (χ0) is 24.5. The van der Waals surface area contributed by atoms with Gasteiger partial charge in [-0.15, -0.1) is 0 Å². The zero-order valence-corrected chi connectivity index (χ0v) is 19.9. The fourth-order valence-electron chi connectivity index (χ4n) is 4.33. The van der Waals surface area contributed by atoms with Crippen molar-refractivity contribution in [3.8, 4) is 11.1 Å². The third-order valence-corrected chi connectivity index (χ3v) is 6.05. The van der Waals surface area contributed by atoms with Crippen molar-refractivity contribution in [3.05, 3.63) is 95.6 Å². The second-order valence-corrected chi connectivity index (χ2v) is 9.06. The van der Waals surface area contributed by atoms with Gasteiger partial charge < -0.3 is 14.9 Å². The van der Waals surface area contributed by atoms with Gasteiger partial charge in [0.1, 0.15) is 23.1 Å². The maximum atomic E-state index is 14.2. The number of rotatable bonds is 7. The predicted octanol–water partition coefficient (Wildman–Crippen LogP) is 6.07. The second-order valence-electron chi connectivity index (χ2n) is 9.06. The van der Waals surface area contributed by atoms with Crippen LogP contribution in [-0.2, 0) is 5.60 Å². The maximum absolute atomic E-state index is 14.2. The number of fused-ring (bicyclic) bond motifs is 1. The Morgan fingerprint density at radius 2 is 1.51 bits per heavy atom. The van der Waals surface area contributed by atoms with E-state index in [0.29, 0.717) is 17.6 Å². The van der Waals surface area contributed by atoms with Crippen molar-refractivity contribution < 1.29 is 13.9 Å². The summed E-state index contributed by atoms with van der Waals surface area (Å²) >= 11 is 0. The number of aliphatic hydroxyl groups is 1. The van der Waals surface area contributed by atoms with Crippen LogP contribution in [0.3, 0.4) is 0 Å². The molecule has 35 heavy (non-hydrogen) atoms. The Bertz CT molecular complexity index is 1290. The number of nitrogens with zero attached hydrogens (tertiary/aromatic N) is 3. The number of hydrogen-bond acceptors (Lipinski definition) is 4. The lowest BCUT2D eigenvalue weighted by Gasteiger charge is -2.32. The van der Waals surface area contributed by atoms with Crippen LogP contribution < -0.4 is 4.90 Å². The highest BCUT2D eigenvalue weighted by molar-refractivity contribution is 5.92. The van der Waals surface area contributed by atoms with Gasteiger partial charge in [-0.05, 0) is 61.5 Å². The quantitative estimate of drug-likeness (QED) is 0.351. The third-order valence-electron chi connectivity index (χ3n) is 6.05. The molecule has 0 aliphatic carbocycles. The van der Waals surface area contributed by atoms with Gasteiger partial charge in [-0.1, -0.05) is 49.9 Å². The standard InChI is InChI=1S/C28H29F2N3O.CH4/c1-32(2)14-13-28(34,20-15-21(29)17-22(30)16-20)25-11-8-12-26-24(25)18-23(27(31-26)33(3)4)19-9-6-5-7-10-19;/h5-12,15-18,34H,13-14H2,1-4H3;1H4. The summed E-state index contributed by atoms with van der Waals surface area (Å²) in [6.45, 7) is 0.514. The van der Waals surface area contributed by atoms with E-state index in [9.17, 15) is 13.9 Å². The van der Waals surface area contributed by atoms with Gasteiger partial charge in [-0.2, -0.15) is 0 Å². The first kappa shape index (κ1) is 26.3. The monoisotopic (exact) mass is 477 g/mol. The zero-order valence-electron chi connectivity index (χ0n) is 19.9. The molecule has 0 saturated carbocycles. The maximum Gasteiger partial charge on any atom is 0.136 e. The molecule has 4 nitrogen and oxygen atoms in total. The van der Waals surface area contributed by atoms with Gasteiger partial charge in [-0.3, -0.25) is 0 Å². The van der Waals surface area contributed by atoms with Gasteiger partial charge in [0.05, 0.1) is 5.52 Å². The summed E-state index contributed by atoms with van der Waals surface area (Å²) in [5, 5.41) is 12.8. The second kappa shape index (κ2) is 10.5. The molecule has 0 saturated heterocycles. The highest BCUT2D eigenvalue weighted by Gasteiger charge is 2.34. The van der Waals surface area contributed by atoms with E-state index in [1.54, 1.807) is 0 Å². The average Bonchev–Trinajstić information content (AvgIpc) is 2.81. The minimum Gasteiger partial charge on any atom is -0.380 e. The van der Waals surface area contributed by atoms with Gasteiger partial charge >= 0.3 is 0 Å². The molecule has 3 aromatic carbocycles. The summed E-state index contributed by atoms with van der Waals surface area (Å²) in [4.78, 5) is 8.79. The fraction of sp³-hybridized carbons (Fsp3) is 0.276. The van der Waals surface area contributed by atoms with Crippen molar-refractivity contribution in [3.63, 3.8) is 0 Å². The van der Waals surface area contributed by atoms with Crippen LogP contribution in [0.2, 0.25) is 0 Å². The van der Waals surface area contributed by atoms with E-state index in [1.807, 2.05) is 92.6 Å². The van der Waals surface area contributed by atoms with Crippen molar-refractivity contribution in [1.29, 1.82) is 0 Å². The largest absolute Gasteiger partial charge is 0.380 e. The summed E-state index contributed by atoms with van der Waals surface area (Å²) < 4.78 is 28.5. The van der Waals surface area contributed by atoms with Gasteiger partial charge in [0.2, 0.25) is 0 Å². The van der Waals surface area contributed by atoms with E-state index in [0.717, 1.165) is 28.4 Å². The summed E-state index contributed by atoms with van der Waals surface area (Å²) in [7, 11) is 7.67. The molecule has 1 aromatic heterocycles. The van der Waals surface area contributed by atoms with Crippen LogP contribution in [0.4, 0.5) is 14.6 Å². The van der Waals surface area contributed by atoms with E-state index in [1.165, 1.54) is 12.1 Å². The Balaban J connectivity index is 0.00000342. The van der Waals surface area contributed by atoms with Crippen molar-refractivity contribution in [2.75, 3.05) is 39.6 Å². The lowest BCUT2D eigenvalue weighted by atomic mass is 9.81. The molecule has 1 N–H and O–H groups in total. The number of benzene rings is 3. The van der Waals surface area contributed by atoms with Crippen LogP contribution in [0.15, 0.2) is 72.8 Å². The number of anilines is 1. The van der Waals surface area contributed by atoms with Gasteiger partial charge in [0.25, 0.3) is 0 Å². The summed E-state index contributed by atoms with van der Waals surface area (Å²) in [6, 6.07) is 20.7. The van der Waals surface area contributed by atoms with Crippen LogP contribution in [0.5, 0.6) is 0 Å². The van der Waals surface area contributed by atoms with Crippen LogP contribution in [0.1, 0.15) is 25.0 Å². The van der Waals surface area contributed by atoms with E-state index in [-0.39, 0.29) is 19.4 Å². The Morgan fingerprint density at radius 3 is 2.11 bits per heavy atom. The number of halogens is 2. The topological polar surface area (TPSA) is 39.6 Å². The summed E-state index contributed by atoms with van der Waals surface area (Å²) in [5.41, 5.74) is 1.71. The molecule has 0 aliphatic heterocycles. The summed E-state index contributed by atoms with van der Waals surface area (Å²) in [5.74, 6) is -0.655. The Kier molecular flexibility index (Phi) is 7.88. The normalized spacial score (nSPS) is 12.9. The molecular weight excluding hydrogens is 444 g/mol. The van der Waals surface area contributed by atoms with Crippen molar-refractivity contribution in [2.45, 2.75) is 19.4 Å². The van der Waals surface area contributed by atoms with Crippen molar-refractivity contribution in [1.82, 2.24) is 9.88 Å². The molecule has 0 amide bonds. The lowest BCUT2D eigenvalue weighted by Crippen LogP contribution is -2.32. The molecule has 1 atom stereocenters. The van der Waals surface area contributed by atoms with E-state index in [2.05, 4.69) is 0 Å². The fourth-order valence-corrected chi connectivity index (χ4v) is 4.33. The molecule has 184 valence electrons. The van der Waals surface area contributed by atoms with E-state index < -0.39 is 17.2 Å². The van der Waals surface area contributed by atoms with Gasteiger partial charge in [-0.25, -0.2) is 13.8 Å². The van der Waals surface area contributed by atoms with Crippen LogP contribution >= 0.6 is 0 Å². The molecule has 4 rings (SSSR count). The van der Waals surface area contributed by atoms with Crippen LogP contribution in [0, 0.1) is 11.6 Å². The van der Waals surface area contributed by atoms with Crippen LogP contribution in [0.25, 0.3) is 22.0 Å². The smallest absolute Gasteiger partial charge is 0.136 e. The first-order chi connectivity index (χ1) is 16.2. The molecular formula is C29H33F2N3O. The van der Waals surface area contributed by atoms with Crippen molar-refractivity contribution in [2.24, 2.45) is 0 Å². The first-order valence-corrected chi connectivity index (χ1v) is 11.2. The molecule has 1 heterocycles. The third kappa shape index (κ3) is 5.34. The van der Waals surface area contributed by atoms with Crippen molar-refractivity contribution >= 4 is 16.7 Å². The van der Waals surface area contributed by atoms with E-state index in [4.69, 9.17) is 4.98 Å². The average molecular weight is 478 g/mol. The van der Waals surface area contributed by atoms with Crippen LogP contribution in [-0.4, -0.2) is 49.7 Å². The molecule has 6 heteroatoms. The minimum atomic E-state index is -1.62. The minimum absolute atomic E-state index is 0. The lowest BCUT2D eigenvalue weighted by molar-refractivity contribution is 0.0637. The molecule has 0 aliphatic rings. The molecule has 4 aromatic rings. The Labute approximate surface area is 206 Å².